The Morgan fingerprint density at radius 1 is 0.500 bits per heavy atom. The van der Waals surface area contributed by atoms with Crippen LogP contribution in [0.25, 0.3) is 10.9 Å². The molecule has 5 rings (SSSR count). The van der Waals surface area contributed by atoms with Crippen molar-refractivity contribution in [3.05, 3.63) is 132 Å². The van der Waals surface area contributed by atoms with Gasteiger partial charge in [0, 0.05) is 42.8 Å². The van der Waals surface area contributed by atoms with Gasteiger partial charge in [0.1, 0.15) is 53.8 Å². The van der Waals surface area contributed by atoms with Crippen LogP contribution in [0, 0.1) is 0 Å². The molecule has 25 heteroatoms. The van der Waals surface area contributed by atoms with E-state index in [9.17, 15) is 68.4 Å². The summed E-state index contributed by atoms with van der Waals surface area (Å²) in [6.07, 6.45) is 0.0129. The molecule has 4 aromatic carbocycles. The number of carbonyl (C=O) groups is 10. The van der Waals surface area contributed by atoms with Crippen LogP contribution in [0.5, 0.6) is 11.5 Å². The van der Waals surface area contributed by atoms with Crippen molar-refractivity contribution in [1.29, 1.82) is 0 Å². The summed E-state index contributed by atoms with van der Waals surface area (Å²) >= 11 is 0. The molecule has 1 aromatic heterocycles. The summed E-state index contributed by atoms with van der Waals surface area (Å²) in [5.41, 5.74) is 19.5. The number of aromatic amines is 1. The molecular weight excluding hydrogens is 1040 g/mol. The lowest BCUT2D eigenvalue weighted by Gasteiger charge is -2.27. The number of nitrogens with one attached hydrogen (secondary N) is 8. The Balaban J connectivity index is 1.42. The Hall–Kier alpha value is -9.36. The highest BCUT2D eigenvalue weighted by Gasteiger charge is 2.36. The van der Waals surface area contributed by atoms with Crippen LogP contribution in [-0.2, 0) is 73.6 Å². The molecule has 0 radical (unpaired) electrons. The molecule has 0 unspecified atom stereocenters. The summed E-state index contributed by atoms with van der Waals surface area (Å²) in [6.45, 7) is 1.64. The highest BCUT2D eigenvalue weighted by atomic mass is 16.4. The van der Waals surface area contributed by atoms with Crippen molar-refractivity contribution in [2.24, 2.45) is 17.2 Å². The molecule has 0 aliphatic carbocycles. The molecule has 0 bridgehead atoms. The van der Waals surface area contributed by atoms with Gasteiger partial charge in [0.2, 0.25) is 47.3 Å². The number of fused-ring (bicyclic) bond motifs is 1. The zero-order valence-electron chi connectivity index (χ0n) is 43.7. The maximum absolute atomic E-state index is 14.7. The number of H-pyrrole nitrogens is 1. The minimum Gasteiger partial charge on any atom is -0.508 e. The summed E-state index contributed by atoms with van der Waals surface area (Å²) in [5.74, 6) is -11.2. The van der Waals surface area contributed by atoms with E-state index in [0.717, 1.165) is 0 Å². The Morgan fingerprint density at radius 2 is 0.938 bits per heavy atom. The zero-order valence-corrected chi connectivity index (χ0v) is 43.7. The fourth-order valence-electron chi connectivity index (χ4n) is 8.41. The largest absolute Gasteiger partial charge is 0.508 e. The number of hydrogen-bond donors (Lipinski definition) is 15. The number of hydrogen-bond acceptors (Lipinski definition) is 14. The normalized spacial score (nSPS) is 14.0. The summed E-state index contributed by atoms with van der Waals surface area (Å²) < 4.78 is 0. The first-order valence-corrected chi connectivity index (χ1v) is 25.6. The highest BCUT2D eigenvalue weighted by Crippen LogP contribution is 2.20. The average Bonchev–Trinajstić information content (AvgIpc) is 3.83. The Kier molecular flexibility index (Phi) is 23.0. The molecule has 18 N–H and O–H groups in total. The molecule has 0 spiro atoms. The third-order valence-corrected chi connectivity index (χ3v) is 12.8. The van der Waals surface area contributed by atoms with Gasteiger partial charge in [-0.3, -0.25) is 43.2 Å². The van der Waals surface area contributed by atoms with Crippen LogP contribution in [0.4, 0.5) is 0 Å². The van der Waals surface area contributed by atoms with Crippen molar-refractivity contribution in [2.75, 3.05) is 6.54 Å². The Labute approximate surface area is 459 Å². The maximum Gasteiger partial charge on any atom is 0.326 e. The van der Waals surface area contributed by atoms with E-state index < -0.39 is 120 Å². The Morgan fingerprint density at radius 3 is 1.46 bits per heavy atom. The predicted octanol–water partition coefficient (Wildman–Crippen LogP) is -0.846. The number of rotatable bonds is 31. The zero-order chi connectivity index (χ0) is 58.5. The van der Waals surface area contributed by atoms with E-state index in [0.29, 0.717) is 52.5 Å². The number of carbonyl (C=O) groups excluding carboxylic acids is 8. The van der Waals surface area contributed by atoms with Gasteiger partial charge in [-0.1, -0.05) is 79.2 Å². The number of para-hydroxylation sites is 1. The monoisotopic (exact) mass is 1110 g/mol. The second kappa shape index (κ2) is 30.0. The minimum atomic E-state index is -1.96. The van der Waals surface area contributed by atoms with Crippen molar-refractivity contribution in [2.45, 2.75) is 113 Å². The van der Waals surface area contributed by atoms with Gasteiger partial charge < -0.3 is 79.8 Å². The summed E-state index contributed by atoms with van der Waals surface area (Å²) in [6, 6.07) is 14.2. The molecule has 0 aliphatic heterocycles. The number of phenols is 2. The SMILES string of the molecule is C[C@H](NC(=O)[C@H](Cc1ccccc1)NC(=O)[C@H](Cc1c[nH]c2ccccc12)NC(=O)[C@H](CC(=O)O)NC(=O)[C@H](Cc1ccc(O)cc1)NC(=O)[C@H](CC(N)=O)NC(=O)[C@@H](N)CCCCN)C(=O)N[C@@H](Cc1ccc(O)cc1)C(=O)O. The van der Waals surface area contributed by atoms with E-state index in [1.807, 2.05) is 0 Å². The van der Waals surface area contributed by atoms with Crippen LogP contribution in [0.1, 0.15) is 61.3 Å². The number of aliphatic carboxylic acids is 2. The first kappa shape index (κ1) is 61.5. The fourth-order valence-corrected chi connectivity index (χ4v) is 8.41. The molecule has 80 heavy (non-hydrogen) atoms. The van der Waals surface area contributed by atoms with Crippen molar-refractivity contribution < 1.29 is 68.4 Å². The van der Waals surface area contributed by atoms with Gasteiger partial charge in [0.25, 0.3) is 0 Å². The third kappa shape index (κ3) is 19.3. The number of unbranched alkanes of at least 4 members (excludes halogenated alkanes) is 1. The van der Waals surface area contributed by atoms with Gasteiger partial charge in [0.05, 0.1) is 18.9 Å². The van der Waals surface area contributed by atoms with Gasteiger partial charge in [-0.15, -0.1) is 0 Å². The number of nitrogens with two attached hydrogens (primary N) is 3. The average molecular weight is 1110 g/mol. The fraction of sp³-hybridized carbons (Fsp3) is 0.345. The van der Waals surface area contributed by atoms with E-state index >= 15 is 0 Å². The van der Waals surface area contributed by atoms with Gasteiger partial charge in [-0.2, -0.15) is 0 Å². The number of carboxylic acid groups (broad SMARTS) is 2. The van der Waals surface area contributed by atoms with Gasteiger partial charge in [-0.25, -0.2) is 4.79 Å². The van der Waals surface area contributed by atoms with Crippen molar-refractivity contribution >= 4 is 70.1 Å². The van der Waals surface area contributed by atoms with Gasteiger partial charge in [0.15, 0.2) is 0 Å². The quantitative estimate of drug-likeness (QED) is 0.0241. The molecule has 0 fully saturated rings. The summed E-state index contributed by atoms with van der Waals surface area (Å²) in [5, 5.41) is 57.5. The lowest BCUT2D eigenvalue weighted by atomic mass is 10.0. The van der Waals surface area contributed by atoms with E-state index in [-0.39, 0.29) is 43.6 Å². The van der Waals surface area contributed by atoms with Crippen LogP contribution in [-0.4, -0.2) is 139 Å². The number of carboxylic acids is 2. The number of phenolic OH excluding ortho intramolecular Hbond substituents is 2. The van der Waals surface area contributed by atoms with Crippen LogP contribution in [0.2, 0.25) is 0 Å². The number of aromatic hydroxyl groups is 2. The summed E-state index contributed by atoms with van der Waals surface area (Å²) in [7, 11) is 0. The number of amides is 8. The lowest BCUT2D eigenvalue weighted by molar-refractivity contribution is -0.142. The topological polar surface area (TPSA) is 430 Å². The second-order valence-corrected chi connectivity index (χ2v) is 19.1. The molecule has 8 amide bonds. The van der Waals surface area contributed by atoms with Crippen molar-refractivity contribution in [3.63, 3.8) is 0 Å². The number of aromatic nitrogens is 1. The van der Waals surface area contributed by atoms with Crippen LogP contribution in [0.3, 0.4) is 0 Å². The molecule has 426 valence electrons. The lowest BCUT2D eigenvalue weighted by Crippen LogP contribution is -2.61. The smallest absolute Gasteiger partial charge is 0.326 e. The third-order valence-electron chi connectivity index (χ3n) is 12.8. The molecule has 1 heterocycles. The van der Waals surface area contributed by atoms with Crippen LogP contribution >= 0.6 is 0 Å². The molecule has 0 saturated heterocycles. The van der Waals surface area contributed by atoms with Crippen molar-refractivity contribution in [1.82, 2.24) is 42.2 Å². The van der Waals surface area contributed by atoms with E-state index in [2.05, 4.69) is 42.2 Å². The molecule has 0 saturated carbocycles. The molecule has 8 atom stereocenters. The molecular formula is C55H67N11O14. The van der Waals surface area contributed by atoms with E-state index in [1.54, 1.807) is 60.8 Å². The predicted molar refractivity (Wildman–Crippen MR) is 290 cm³/mol. The number of benzene rings is 4. The van der Waals surface area contributed by atoms with Gasteiger partial charge >= 0.3 is 11.9 Å². The van der Waals surface area contributed by atoms with Crippen molar-refractivity contribution in [3.8, 4) is 11.5 Å². The number of primary amides is 1. The second-order valence-electron chi connectivity index (χ2n) is 19.1. The molecule has 25 nitrogen and oxygen atoms in total. The standard InChI is InChI=1S/C55H67N11O14/c1-30(48(72)66-45(55(79)80)25-33-16-20-36(68)21-17-33)60-50(74)40(23-31-9-3-2-4-10-31)62-52(76)42(26-34-29-59-39-13-6-5-11-37(34)39)64-54(78)44(28-47(70)71)65-51(75)41(24-32-14-18-35(67)19-15-32)63-53(77)43(27-46(58)69)61-49(73)38(57)12-7-8-22-56/h2-6,9-11,13-21,29-30,38,40-45,59,67-68H,7-8,12,22-28,56-57H2,1H3,(H2,58,69)(H,60,74)(H,61,73)(H,62,76)(H,63,77)(H,64,78)(H,65,75)(H,66,72)(H,70,71)(H,79,80)/t30-,38-,40-,41-,42-,43-,44-,45-/m0/s1. The first-order valence-electron chi connectivity index (χ1n) is 25.6. The minimum absolute atomic E-state index is 0.0515. The first-order chi connectivity index (χ1) is 38.1. The van der Waals surface area contributed by atoms with E-state index in [4.69, 9.17) is 17.2 Å². The van der Waals surface area contributed by atoms with Crippen LogP contribution < -0.4 is 54.4 Å². The van der Waals surface area contributed by atoms with E-state index in [1.165, 1.54) is 55.5 Å². The molecule has 0 aliphatic rings. The Bertz CT molecular complexity index is 2970. The highest BCUT2D eigenvalue weighted by molar-refractivity contribution is 5.99. The maximum atomic E-state index is 14.7. The van der Waals surface area contributed by atoms with Crippen LogP contribution in [0.15, 0.2) is 109 Å². The summed E-state index contributed by atoms with van der Waals surface area (Å²) in [4.78, 5) is 138. The van der Waals surface area contributed by atoms with Gasteiger partial charge in [-0.05, 0) is 78.9 Å². The molecule has 5 aromatic rings.